The second-order valence-corrected chi connectivity index (χ2v) is 4.81. The van der Waals surface area contributed by atoms with Gasteiger partial charge in [-0.15, -0.1) is 5.10 Å². The van der Waals surface area contributed by atoms with E-state index in [2.05, 4.69) is 15.6 Å². The fourth-order valence-electron chi connectivity index (χ4n) is 2.28. The first-order chi connectivity index (χ1) is 10.8. The van der Waals surface area contributed by atoms with Crippen molar-refractivity contribution in [3.63, 3.8) is 0 Å². The zero-order valence-electron chi connectivity index (χ0n) is 12.2. The predicted molar refractivity (Wildman–Crippen MR) is 85.1 cm³/mol. The average Bonchev–Trinajstić information content (AvgIpc) is 3.00. The minimum absolute atomic E-state index is 0.245. The van der Waals surface area contributed by atoms with E-state index >= 15 is 0 Å². The molecule has 110 valence electrons. The molecule has 1 N–H and O–H groups in total. The largest absolute Gasteiger partial charge is 0.321 e. The van der Waals surface area contributed by atoms with Crippen molar-refractivity contribution in [3.05, 3.63) is 72.1 Å². The van der Waals surface area contributed by atoms with Crippen LogP contribution < -0.4 is 5.32 Å². The molecular formula is C17H16N4O. The van der Waals surface area contributed by atoms with Crippen molar-refractivity contribution < 1.29 is 4.79 Å². The Morgan fingerprint density at radius 1 is 1.05 bits per heavy atom. The Morgan fingerprint density at radius 2 is 1.68 bits per heavy atom. The van der Waals surface area contributed by atoms with Crippen LogP contribution in [0.5, 0.6) is 0 Å². The Bertz CT molecular complexity index is 766. The zero-order valence-corrected chi connectivity index (χ0v) is 12.2. The Balaban J connectivity index is 1.92. The van der Waals surface area contributed by atoms with E-state index in [4.69, 9.17) is 0 Å². The monoisotopic (exact) mass is 292 g/mol. The van der Waals surface area contributed by atoms with Gasteiger partial charge in [0.2, 0.25) is 0 Å². The maximum atomic E-state index is 12.4. The van der Waals surface area contributed by atoms with E-state index in [1.807, 2.05) is 67.6 Å². The molecule has 5 heteroatoms. The second-order valence-electron chi connectivity index (χ2n) is 4.81. The molecular weight excluding hydrogens is 276 g/mol. The summed E-state index contributed by atoms with van der Waals surface area (Å²) >= 11 is 0. The van der Waals surface area contributed by atoms with Crippen molar-refractivity contribution in [2.45, 2.75) is 13.3 Å². The van der Waals surface area contributed by atoms with Gasteiger partial charge in [-0.25, -0.2) is 4.68 Å². The highest BCUT2D eigenvalue weighted by atomic mass is 16.2. The van der Waals surface area contributed by atoms with Crippen LogP contribution in [0.25, 0.3) is 5.69 Å². The van der Waals surface area contributed by atoms with Crippen LogP contribution in [0.3, 0.4) is 0 Å². The lowest BCUT2D eigenvalue weighted by atomic mass is 10.2. The van der Waals surface area contributed by atoms with Crippen molar-refractivity contribution in [2.24, 2.45) is 0 Å². The van der Waals surface area contributed by atoms with E-state index in [1.165, 1.54) is 0 Å². The summed E-state index contributed by atoms with van der Waals surface area (Å²) in [5.41, 5.74) is 2.78. The van der Waals surface area contributed by atoms with Crippen LogP contribution in [-0.2, 0) is 6.42 Å². The Morgan fingerprint density at radius 3 is 2.32 bits per heavy atom. The van der Waals surface area contributed by atoms with Gasteiger partial charge in [0.15, 0.2) is 5.69 Å². The zero-order chi connectivity index (χ0) is 15.4. The number of benzene rings is 2. The van der Waals surface area contributed by atoms with Crippen LogP contribution in [0.1, 0.15) is 23.1 Å². The summed E-state index contributed by atoms with van der Waals surface area (Å²) in [6.07, 6.45) is 0.666. The first-order valence-electron chi connectivity index (χ1n) is 7.16. The molecule has 1 heterocycles. The summed E-state index contributed by atoms with van der Waals surface area (Å²) in [6.45, 7) is 1.98. The highest BCUT2D eigenvalue weighted by molar-refractivity contribution is 6.03. The van der Waals surface area contributed by atoms with E-state index in [1.54, 1.807) is 4.68 Å². The number of nitrogens with zero attached hydrogens (tertiary/aromatic N) is 3. The number of aromatic nitrogens is 3. The molecule has 0 spiro atoms. The quantitative estimate of drug-likeness (QED) is 0.804. The summed E-state index contributed by atoms with van der Waals surface area (Å²) < 4.78 is 1.71. The molecule has 0 aliphatic rings. The number of carbonyl (C=O) groups is 1. The maximum absolute atomic E-state index is 12.4. The number of rotatable bonds is 4. The molecule has 0 saturated carbocycles. The highest BCUT2D eigenvalue weighted by Crippen LogP contribution is 2.15. The highest BCUT2D eigenvalue weighted by Gasteiger charge is 2.19. The number of amides is 1. The molecule has 0 radical (unpaired) electrons. The van der Waals surface area contributed by atoms with Gasteiger partial charge in [-0.1, -0.05) is 48.5 Å². The fourth-order valence-corrected chi connectivity index (χ4v) is 2.28. The molecule has 0 fully saturated rings. The molecule has 0 saturated heterocycles. The smallest absolute Gasteiger partial charge is 0.278 e. The Hall–Kier alpha value is -2.95. The van der Waals surface area contributed by atoms with Crippen LogP contribution in [-0.4, -0.2) is 20.9 Å². The Kier molecular flexibility index (Phi) is 3.96. The number of hydrogen-bond acceptors (Lipinski definition) is 3. The standard InChI is InChI=1S/C17H16N4O/c1-2-15-16(17(22)18-13-9-5-3-6-10-13)19-20-21(15)14-11-7-4-8-12-14/h3-12H,2H2,1H3,(H,18,22). The van der Waals surface area contributed by atoms with Crippen molar-refractivity contribution in [1.82, 2.24) is 15.0 Å². The summed E-state index contributed by atoms with van der Waals surface area (Å²) in [6, 6.07) is 19.0. The third-order valence-electron chi connectivity index (χ3n) is 3.35. The minimum Gasteiger partial charge on any atom is -0.321 e. The lowest BCUT2D eigenvalue weighted by Crippen LogP contribution is -2.15. The summed E-state index contributed by atoms with van der Waals surface area (Å²) in [5.74, 6) is -0.245. The van der Waals surface area contributed by atoms with E-state index in [0.29, 0.717) is 12.1 Å². The molecule has 1 aromatic heterocycles. The average molecular weight is 292 g/mol. The van der Waals surface area contributed by atoms with Gasteiger partial charge in [0.05, 0.1) is 11.4 Å². The number of para-hydroxylation sites is 2. The number of anilines is 1. The molecule has 0 aliphatic heterocycles. The molecule has 0 unspecified atom stereocenters. The van der Waals surface area contributed by atoms with Gasteiger partial charge in [0.1, 0.15) is 0 Å². The summed E-state index contributed by atoms with van der Waals surface area (Å²) in [4.78, 5) is 12.4. The number of nitrogens with one attached hydrogen (secondary N) is 1. The van der Waals surface area contributed by atoms with E-state index in [0.717, 1.165) is 17.1 Å². The van der Waals surface area contributed by atoms with Gasteiger partial charge in [0, 0.05) is 5.69 Å². The maximum Gasteiger partial charge on any atom is 0.278 e. The SMILES string of the molecule is CCc1c(C(=O)Nc2ccccc2)nnn1-c1ccccc1. The molecule has 2 aromatic carbocycles. The van der Waals surface area contributed by atoms with Gasteiger partial charge in [-0.3, -0.25) is 4.79 Å². The van der Waals surface area contributed by atoms with Gasteiger partial charge in [-0.05, 0) is 30.7 Å². The third-order valence-corrected chi connectivity index (χ3v) is 3.35. The lowest BCUT2D eigenvalue weighted by Gasteiger charge is -2.06. The minimum atomic E-state index is -0.245. The summed E-state index contributed by atoms with van der Waals surface area (Å²) in [5, 5.41) is 11.0. The topological polar surface area (TPSA) is 59.8 Å². The van der Waals surface area contributed by atoms with Crippen molar-refractivity contribution in [2.75, 3.05) is 5.32 Å². The Labute approximate surface area is 128 Å². The van der Waals surface area contributed by atoms with Crippen LogP contribution in [0, 0.1) is 0 Å². The van der Waals surface area contributed by atoms with E-state index in [-0.39, 0.29) is 5.91 Å². The first-order valence-corrected chi connectivity index (χ1v) is 7.16. The molecule has 0 bridgehead atoms. The van der Waals surface area contributed by atoms with Gasteiger partial charge in [-0.2, -0.15) is 0 Å². The van der Waals surface area contributed by atoms with Crippen molar-refractivity contribution in [1.29, 1.82) is 0 Å². The molecule has 0 aliphatic carbocycles. The van der Waals surface area contributed by atoms with Gasteiger partial charge in [0.25, 0.3) is 5.91 Å². The molecule has 0 atom stereocenters. The fraction of sp³-hybridized carbons (Fsp3) is 0.118. The number of hydrogen-bond donors (Lipinski definition) is 1. The molecule has 22 heavy (non-hydrogen) atoms. The molecule has 1 amide bonds. The lowest BCUT2D eigenvalue weighted by molar-refractivity contribution is 0.102. The van der Waals surface area contributed by atoms with Gasteiger partial charge >= 0.3 is 0 Å². The van der Waals surface area contributed by atoms with Crippen LogP contribution in [0.4, 0.5) is 5.69 Å². The molecule has 3 rings (SSSR count). The van der Waals surface area contributed by atoms with Gasteiger partial charge < -0.3 is 5.32 Å². The third kappa shape index (κ3) is 2.74. The van der Waals surface area contributed by atoms with Crippen LogP contribution >= 0.6 is 0 Å². The molecule has 3 aromatic rings. The van der Waals surface area contributed by atoms with Crippen molar-refractivity contribution >= 4 is 11.6 Å². The normalized spacial score (nSPS) is 10.4. The van der Waals surface area contributed by atoms with E-state index < -0.39 is 0 Å². The molecule has 5 nitrogen and oxygen atoms in total. The van der Waals surface area contributed by atoms with Crippen LogP contribution in [0.2, 0.25) is 0 Å². The first kappa shape index (κ1) is 14.0. The summed E-state index contributed by atoms with van der Waals surface area (Å²) in [7, 11) is 0. The predicted octanol–water partition coefficient (Wildman–Crippen LogP) is 3.08. The van der Waals surface area contributed by atoms with Crippen molar-refractivity contribution in [3.8, 4) is 5.69 Å². The van der Waals surface area contributed by atoms with Crippen LogP contribution in [0.15, 0.2) is 60.7 Å². The second kappa shape index (κ2) is 6.22. The number of carbonyl (C=O) groups excluding carboxylic acids is 1. The van der Waals surface area contributed by atoms with E-state index in [9.17, 15) is 4.79 Å².